The SMILES string of the molecule is NC(=O)CCC(NC(=O)C(N)Cc1c[nH]c2ccccc12)C(=O)NC(Cc1cnc[nH]1)C(=O)O. The largest absolute Gasteiger partial charge is 0.480 e. The van der Waals surface area contributed by atoms with Gasteiger partial charge in [-0.25, -0.2) is 9.78 Å². The number of carbonyl (C=O) groups is 4. The molecule has 12 nitrogen and oxygen atoms in total. The minimum Gasteiger partial charge on any atom is -0.480 e. The van der Waals surface area contributed by atoms with Crippen LogP contribution in [0.1, 0.15) is 24.1 Å². The van der Waals surface area contributed by atoms with Gasteiger partial charge in [0.2, 0.25) is 17.7 Å². The van der Waals surface area contributed by atoms with E-state index in [1.807, 2.05) is 24.3 Å². The molecule has 3 unspecified atom stereocenters. The molecule has 9 N–H and O–H groups in total. The molecule has 3 rings (SSSR count). The first-order chi connectivity index (χ1) is 16.2. The summed E-state index contributed by atoms with van der Waals surface area (Å²) in [6.45, 7) is 0. The molecule has 0 fully saturated rings. The summed E-state index contributed by atoms with van der Waals surface area (Å²) in [6, 6.07) is 4.10. The minimum atomic E-state index is -1.28. The highest BCUT2D eigenvalue weighted by Gasteiger charge is 2.29. The number of benzene rings is 1. The maximum Gasteiger partial charge on any atom is 0.326 e. The molecule has 34 heavy (non-hydrogen) atoms. The number of nitrogens with one attached hydrogen (secondary N) is 4. The molecule has 0 spiro atoms. The second-order valence-corrected chi connectivity index (χ2v) is 7.92. The van der Waals surface area contributed by atoms with Gasteiger partial charge < -0.3 is 37.2 Å². The van der Waals surface area contributed by atoms with Crippen LogP contribution in [-0.4, -0.2) is 61.9 Å². The van der Waals surface area contributed by atoms with Gasteiger partial charge in [-0.15, -0.1) is 0 Å². The number of aromatic amines is 2. The Kier molecular flexibility index (Phi) is 7.98. The molecule has 3 atom stereocenters. The van der Waals surface area contributed by atoms with E-state index in [2.05, 4.69) is 25.6 Å². The number of H-pyrrole nitrogens is 2. The van der Waals surface area contributed by atoms with E-state index < -0.39 is 41.8 Å². The van der Waals surface area contributed by atoms with E-state index in [1.54, 1.807) is 6.20 Å². The number of amides is 3. The number of fused-ring (bicyclic) bond motifs is 1. The highest BCUT2D eigenvalue weighted by Crippen LogP contribution is 2.18. The van der Waals surface area contributed by atoms with Crippen LogP contribution in [0, 0.1) is 0 Å². The van der Waals surface area contributed by atoms with Gasteiger partial charge in [0, 0.05) is 41.8 Å². The summed E-state index contributed by atoms with van der Waals surface area (Å²) >= 11 is 0. The van der Waals surface area contributed by atoms with Gasteiger partial charge >= 0.3 is 5.97 Å². The Hall–Kier alpha value is -4.19. The van der Waals surface area contributed by atoms with E-state index >= 15 is 0 Å². The van der Waals surface area contributed by atoms with Crippen molar-refractivity contribution in [1.29, 1.82) is 0 Å². The highest BCUT2D eigenvalue weighted by molar-refractivity contribution is 5.92. The fraction of sp³-hybridized carbons (Fsp3) is 0.318. The number of nitrogens with two attached hydrogens (primary N) is 2. The Bertz CT molecular complexity index is 1160. The third kappa shape index (κ3) is 6.42. The minimum absolute atomic E-state index is 0.0440. The Morgan fingerprint density at radius 3 is 2.44 bits per heavy atom. The van der Waals surface area contributed by atoms with Gasteiger partial charge in [0.25, 0.3) is 0 Å². The van der Waals surface area contributed by atoms with Crippen LogP contribution in [0.5, 0.6) is 0 Å². The van der Waals surface area contributed by atoms with Crippen molar-refractivity contribution in [3.63, 3.8) is 0 Å². The Morgan fingerprint density at radius 1 is 1.03 bits per heavy atom. The molecular formula is C22H27N7O5. The van der Waals surface area contributed by atoms with Crippen molar-refractivity contribution in [3.8, 4) is 0 Å². The Labute approximate surface area is 194 Å². The lowest BCUT2D eigenvalue weighted by atomic mass is 10.0. The maximum atomic E-state index is 12.8. The third-order valence-corrected chi connectivity index (χ3v) is 5.36. The highest BCUT2D eigenvalue weighted by atomic mass is 16.4. The van der Waals surface area contributed by atoms with Gasteiger partial charge in [-0.2, -0.15) is 0 Å². The monoisotopic (exact) mass is 469 g/mol. The average molecular weight is 470 g/mol. The zero-order valence-corrected chi connectivity index (χ0v) is 18.3. The quantitative estimate of drug-likeness (QED) is 0.181. The molecule has 3 aromatic rings. The van der Waals surface area contributed by atoms with Crippen molar-refractivity contribution in [2.24, 2.45) is 11.5 Å². The first kappa shape index (κ1) is 24.5. The van der Waals surface area contributed by atoms with Crippen molar-refractivity contribution in [2.75, 3.05) is 0 Å². The standard InChI is InChI=1S/C22H27N7O5/c23-15(7-12-9-26-16-4-2-1-3-14(12)16)20(31)28-17(5-6-19(24)30)21(32)29-18(22(33)34)8-13-10-25-11-27-13/h1-4,9-11,15,17-18,26H,5-8,23H2,(H2,24,30)(H,25,27)(H,28,31)(H,29,32)(H,33,34). The number of primary amides is 1. The molecule has 2 aromatic heterocycles. The Morgan fingerprint density at radius 2 is 1.76 bits per heavy atom. The first-order valence-corrected chi connectivity index (χ1v) is 10.6. The van der Waals surface area contributed by atoms with Crippen molar-refractivity contribution >= 4 is 34.6 Å². The van der Waals surface area contributed by atoms with E-state index in [1.165, 1.54) is 12.5 Å². The Balaban J connectivity index is 1.67. The second-order valence-electron chi connectivity index (χ2n) is 7.92. The molecular weight excluding hydrogens is 442 g/mol. The molecule has 0 saturated heterocycles. The average Bonchev–Trinajstić information content (AvgIpc) is 3.46. The molecule has 12 heteroatoms. The molecule has 3 amide bonds. The molecule has 0 bridgehead atoms. The zero-order chi connectivity index (χ0) is 24.7. The lowest BCUT2D eigenvalue weighted by Crippen LogP contribution is -2.55. The number of imidazole rings is 1. The fourth-order valence-corrected chi connectivity index (χ4v) is 3.55. The van der Waals surface area contributed by atoms with Gasteiger partial charge in [-0.05, 0) is 24.5 Å². The maximum absolute atomic E-state index is 12.8. The van der Waals surface area contributed by atoms with Crippen LogP contribution in [0.15, 0.2) is 43.0 Å². The molecule has 180 valence electrons. The van der Waals surface area contributed by atoms with E-state index in [9.17, 15) is 24.3 Å². The first-order valence-electron chi connectivity index (χ1n) is 10.6. The van der Waals surface area contributed by atoms with E-state index in [4.69, 9.17) is 11.5 Å². The van der Waals surface area contributed by atoms with Gasteiger partial charge in [0.05, 0.1) is 12.4 Å². The van der Waals surface area contributed by atoms with Gasteiger partial charge in [0.15, 0.2) is 0 Å². The lowest BCUT2D eigenvalue weighted by Gasteiger charge is -2.22. The number of hydrogen-bond acceptors (Lipinski definition) is 6. The lowest BCUT2D eigenvalue weighted by molar-refractivity contribution is -0.142. The van der Waals surface area contributed by atoms with Crippen LogP contribution in [0.4, 0.5) is 0 Å². The van der Waals surface area contributed by atoms with Gasteiger partial charge in [-0.3, -0.25) is 14.4 Å². The summed E-state index contributed by atoms with van der Waals surface area (Å²) < 4.78 is 0. The van der Waals surface area contributed by atoms with E-state index in [0.29, 0.717) is 5.69 Å². The molecule has 2 heterocycles. The number of carboxylic acid groups (broad SMARTS) is 1. The van der Waals surface area contributed by atoms with Crippen LogP contribution in [0.3, 0.4) is 0 Å². The normalized spacial score (nSPS) is 13.7. The van der Waals surface area contributed by atoms with Crippen molar-refractivity contribution in [2.45, 2.75) is 43.8 Å². The predicted molar refractivity (Wildman–Crippen MR) is 122 cm³/mol. The predicted octanol–water partition coefficient (Wildman–Crippen LogP) is -0.677. The second kappa shape index (κ2) is 11.1. The smallest absolute Gasteiger partial charge is 0.326 e. The number of para-hydroxylation sites is 1. The summed E-state index contributed by atoms with van der Waals surface area (Å²) in [5.74, 6) is -3.31. The number of nitrogens with zero attached hydrogens (tertiary/aromatic N) is 1. The number of aliphatic carboxylic acids is 1. The van der Waals surface area contributed by atoms with Crippen molar-refractivity contribution < 1.29 is 24.3 Å². The number of hydrogen-bond donors (Lipinski definition) is 7. The van der Waals surface area contributed by atoms with Crippen molar-refractivity contribution in [3.05, 3.63) is 54.2 Å². The summed E-state index contributed by atoms with van der Waals surface area (Å²) in [4.78, 5) is 58.2. The summed E-state index contributed by atoms with van der Waals surface area (Å²) in [5, 5.41) is 15.3. The number of carbonyl (C=O) groups excluding carboxylic acids is 3. The third-order valence-electron chi connectivity index (χ3n) is 5.36. The van der Waals surface area contributed by atoms with Crippen molar-refractivity contribution in [1.82, 2.24) is 25.6 Å². The molecule has 0 aliphatic rings. The number of aromatic nitrogens is 3. The summed E-state index contributed by atoms with van der Waals surface area (Å²) in [5.41, 5.74) is 13.5. The van der Waals surface area contributed by atoms with Crippen LogP contribution in [-0.2, 0) is 32.0 Å². The molecule has 0 radical (unpaired) electrons. The van der Waals surface area contributed by atoms with Crippen LogP contribution < -0.4 is 22.1 Å². The van der Waals surface area contributed by atoms with Crippen LogP contribution >= 0.6 is 0 Å². The molecule has 0 aliphatic carbocycles. The number of carboxylic acids is 1. The molecule has 1 aromatic carbocycles. The van der Waals surface area contributed by atoms with E-state index in [0.717, 1.165) is 16.5 Å². The van der Waals surface area contributed by atoms with Crippen LogP contribution in [0.2, 0.25) is 0 Å². The molecule has 0 saturated carbocycles. The van der Waals surface area contributed by atoms with Crippen LogP contribution in [0.25, 0.3) is 10.9 Å². The molecule has 0 aliphatic heterocycles. The van der Waals surface area contributed by atoms with Gasteiger partial charge in [0.1, 0.15) is 12.1 Å². The summed E-state index contributed by atoms with van der Waals surface area (Å²) in [7, 11) is 0. The summed E-state index contributed by atoms with van der Waals surface area (Å²) in [6.07, 6.45) is 4.47. The number of rotatable bonds is 12. The van der Waals surface area contributed by atoms with Gasteiger partial charge in [-0.1, -0.05) is 18.2 Å². The fourth-order valence-electron chi connectivity index (χ4n) is 3.55. The topological polar surface area (TPSA) is 209 Å². The zero-order valence-electron chi connectivity index (χ0n) is 18.3. The van der Waals surface area contributed by atoms with E-state index in [-0.39, 0.29) is 25.7 Å².